The van der Waals surface area contributed by atoms with E-state index >= 15 is 0 Å². The summed E-state index contributed by atoms with van der Waals surface area (Å²) in [5.41, 5.74) is -5.15. The number of carbonyl (C=O) groups excluding carboxylic acids is 5. The maximum atomic E-state index is 13.8. The number of nitrogens with zero attached hydrogens (tertiary/aromatic N) is 1. The van der Waals surface area contributed by atoms with Gasteiger partial charge < -0.3 is 18.9 Å². The standard InChI is InChI=1S/C21H23NO9/c1-19(2,3)31-18(27)22-12-10-8-7-9-11(12)20(15(22)24)13(14(23)28-4)21(20,16(25)29-5)17(26)30-6/h7-10,13H,1-6H3. The number of para-hydroxylation sites is 1. The highest BCUT2D eigenvalue weighted by Gasteiger charge is 2.95. The second kappa shape index (κ2) is 7.07. The zero-order valence-electron chi connectivity index (χ0n) is 18.0. The molecule has 2 aliphatic rings. The van der Waals surface area contributed by atoms with Crippen LogP contribution in [0.4, 0.5) is 10.5 Å². The van der Waals surface area contributed by atoms with Gasteiger partial charge in [0.1, 0.15) is 16.9 Å². The van der Waals surface area contributed by atoms with E-state index in [1.54, 1.807) is 32.9 Å². The molecular weight excluding hydrogens is 410 g/mol. The van der Waals surface area contributed by atoms with Gasteiger partial charge in [-0.15, -0.1) is 0 Å². The van der Waals surface area contributed by atoms with Crippen molar-refractivity contribution in [2.24, 2.45) is 11.3 Å². The van der Waals surface area contributed by atoms with Crippen molar-refractivity contribution in [2.45, 2.75) is 31.8 Å². The van der Waals surface area contributed by atoms with Crippen LogP contribution < -0.4 is 4.90 Å². The Kier molecular flexibility index (Phi) is 5.08. The van der Waals surface area contributed by atoms with Gasteiger partial charge in [0, 0.05) is 0 Å². The molecule has 1 heterocycles. The Hall–Kier alpha value is -3.43. The summed E-state index contributed by atoms with van der Waals surface area (Å²) in [6.07, 6.45) is -1.01. The molecule has 2 unspecified atom stereocenters. The molecule has 1 aromatic rings. The van der Waals surface area contributed by atoms with Crippen LogP contribution in [0.1, 0.15) is 26.3 Å². The summed E-state index contributed by atoms with van der Waals surface area (Å²) in [5, 5.41) is 0. The van der Waals surface area contributed by atoms with E-state index in [0.29, 0.717) is 0 Å². The van der Waals surface area contributed by atoms with Crippen LogP contribution >= 0.6 is 0 Å². The highest BCUT2D eigenvalue weighted by atomic mass is 16.6. The number of ether oxygens (including phenoxy) is 4. The number of methoxy groups -OCH3 is 3. The molecule has 0 N–H and O–H groups in total. The fourth-order valence-electron chi connectivity index (χ4n) is 4.46. The van der Waals surface area contributed by atoms with E-state index in [1.807, 2.05) is 0 Å². The van der Waals surface area contributed by atoms with Gasteiger partial charge in [-0.25, -0.2) is 9.69 Å². The maximum Gasteiger partial charge on any atom is 0.421 e. The van der Waals surface area contributed by atoms with Gasteiger partial charge in [-0.1, -0.05) is 18.2 Å². The zero-order chi connectivity index (χ0) is 23.4. The Morgan fingerprint density at radius 3 is 1.97 bits per heavy atom. The third-order valence-corrected chi connectivity index (χ3v) is 5.54. The lowest BCUT2D eigenvalue weighted by molar-refractivity contribution is -0.166. The lowest BCUT2D eigenvalue weighted by Gasteiger charge is -2.24. The topological polar surface area (TPSA) is 126 Å². The van der Waals surface area contributed by atoms with Crippen molar-refractivity contribution in [1.29, 1.82) is 0 Å². The van der Waals surface area contributed by atoms with Gasteiger partial charge >= 0.3 is 24.0 Å². The number of anilines is 1. The quantitative estimate of drug-likeness (QED) is 0.394. The van der Waals surface area contributed by atoms with Crippen LogP contribution in [0.25, 0.3) is 0 Å². The summed E-state index contributed by atoms with van der Waals surface area (Å²) >= 11 is 0. The van der Waals surface area contributed by atoms with Crippen LogP contribution in [0.2, 0.25) is 0 Å². The Balaban J connectivity index is 2.31. The second-order valence-corrected chi connectivity index (χ2v) is 8.19. The summed E-state index contributed by atoms with van der Waals surface area (Å²) in [6, 6.07) is 6.04. The average Bonchev–Trinajstić information content (AvgIpc) is 3.28. The third-order valence-electron chi connectivity index (χ3n) is 5.54. The number of fused-ring (bicyclic) bond motifs is 2. The molecule has 1 aromatic carbocycles. The zero-order valence-corrected chi connectivity index (χ0v) is 18.0. The van der Waals surface area contributed by atoms with Crippen molar-refractivity contribution in [3.8, 4) is 0 Å². The molecule has 1 aliphatic heterocycles. The molecule has 1 saturated carbocycles. The maximum absolute atomic E-state index is 13.8. The van der Waals surface area contributed by atoms with Crippen LogP contribution in [0, 0.1) is 11.3 Å². The van der Waals surface area contributed by atoms with E-state index in [9.17, 15) is 24.0 Å². The minimum Gasteiger partial charge on any atom is -0.469 e. The molecule has 1 spiro atoms. The summed E-state index contributed by atoms with van der Waals surface area (Å²) < 4.78 is 19.8. The fourth-order valence-corrected chi connectivity index (χ4v) is 4.46. The van der Waals surface area contributed by atoms with Crippen LogP contribution in [0.3, 0.4) is 0 Å². The van der Waals surface area contributed by atoms with Crippen molar-refractivity contribution in [3.05, 3.63) is 29.8 Å². The number of amides is 2. The van der Waals surface area contributed by atoms with Crippen LogP contribution in [0.15, 0.2) is 24.3 Å². The molecule has 0 aromatic heterocycles. The molecule has 31 heavy (non-hydrogen) atoms. The summed E-state index contributed by atoms with van der Waals surface area (Å²) in [4.78, 5) is 66.0. The second-order valence-electron chi connectivity index (χ2n) is 8.19. The van der Waals surface area contributed by atoms with Gasteiger partial charge in [0.05, 0.1) is 27.0 Å². The molecule has 10 heteroatoms. The van der Waals surface area contributed by atoms with Crippen molar-refractivity contribution in [1.82, 2.24) is 0 Å². The van der Waals surface area contributed by atoms with E-state index < -0.39 is 52.3 Å². The minimum absolute atomic E-state index is 0.0883. The van der Waals surface area contributed by atoms with E-state index in [0.717, 1.165) is 26.2 Å². The minimum atomic E-state index is -2.35. The smallest absolute Gasteiger partial charge is 0.421 e. The predicted octanol–water partition coefficient (Wildman–Crippen LogP) is 1.34. The normalized spacial score (nSPS) is 23.1. The molecule has 10 nitrogen and oxygen atoms in total. The highest BCUT2D eigenvalue weighted by molar-refractivity contribution is 6.31. The Bertz CT molecular complexity index is 977. The first-order chi connectivity index (χ1) is 14.5. The van der Waals surface area contributed by atoms with Crippen molar-refractivity contribution in [2.75, 3.05) is 26.2 Å². The summed E-state index contributed by atoms with van der Waals surface area (Å²) in [6.45, 7) is 4.86. The van der Waals surface area contributed by atoms with Crippen molar-refractivity contribution in [3.63, 3.8) is 0 Å². The number of hydrogen-bond donors (Lipinski definition) is 0. The van der Waals surface area contributed by atoms with Gasteiger partial charge in [0.15, 0.2) is 5.41 Å². The first kappa shape index (κ1) is 22.3. The molecule has 2 amide bonds. The number of rotatable bonds is 3. The molecule has 0 radical (unpaired) electrons. The molecule has 3 rings (SSSR count). The Morgan fingerprint density at radius 2 is 1.48 bits per heavy atom. The van der Waals surface area contributed by atoms with Gasteiger partial charge in [0.2, 0.25) is 5.91 Å². The van der Waals surface area contributed by atoms with Crippen LogP contribution in [-0.4, -0.2) is 56.8 Å². The molecular formula is C21H23NO9. The molecule has 1 aliphatic carbocycles. The van der Waals surface area contributed by atoms with Crippen LogP contribution in [-0.2, 0) is 43.5 Å². The van der Waals surface area contributed by atoms with E-state index in [2.05, 4.69) is 0 Å². The Labute approximate surface area is 178 Å². The highest BCUT2D eigenvalue weighted by Crippen LogP contribution is 2.75. The van der Waals surface area contributed by atoms with Gasteiger partial charge in [-0.2, -0.15) is 0 Å². The Morgan fingerprint density at radius 1 is 0.935 bits per heavy atom. The van der Waals surface area contributed by atoms with E-state index in [4.69, 9.17) is 18.9 Å². The van der Waals surface area contributed by atoms with Gasteiger partial charge in [-0.3, -0.25) is 19.2 Å². The largest absolute Gasteiger partial charge is 0.469 e. The first-order valence-corrected chi connectivity index (χ1v) is 9.38. The number of esters is 3. The van der Waals surface area contributed by atoms with E-state index in [-0.39, 0.29) is 11.3 Å². The number of hydrogen-bond acceptors (Lipinski definition) is 9. The average molecular weight is 433 g/mol. The lowest BCUT2D eigenvalue weighted by Crippen LogP contribution is -2.45. The van der Waals surface area contributed by atoms with E-state index in [1.165, 1.54) is 12.1 Å². The SMILES string of the molecule is COC(=O)C1C(C(=O)OC)(C(=O)OC)C12C(=O)N(C(=O)OC(C)(C)C)c1ccccc12. The predicted molar refractivity (Wildman–Crippen MR) is 104 cm³/mol. The van der Waals surface area contributed by atoms with Crippen molar-refractivity contribution >= 4 is 35.6 Å². The molecule has 1 fully saturated rings. The lowest BCUT2D eigenvalue weighted by atomic mass is 9.86. The fraction of sp³-hybridized carbons (Fsp3) is 0.476. The van der Waals surface area contributed by atoms with Gasteiger partial charge in [0.25, 0.3) is 0 Å². The number of imide groups is 1. The number of benzene rings is 1. The van der Waals surface area contributed by atoms with Gasteiger partial charge in [-0.05, 0) is 32.4 Å². The molecule has 0 bridgehead atoms. The first-order valence-electron chi connectivity index (χ1n) is 9.38. The van der Waals surface area contributed by atoms with Crippen LogP contribution in [0.5, 0.6) is 0 Å². The molecule has 0 saturated heterocycles. The molecule has 166 valence electrons. The molecule has 2 atom stereocenters. The summed E-state index contributed by atoms with van der Waals surface area (Å²) in [5.74, 6) is -5.86. The third kappa shape index (κ3) is 2.67. The number of carbonyl (C=O) groups is 5. The summed E-state index contributed by atoms with van der Waals surface area (Å²) in [7, 11) is 3.10. The van der Waals surface area contributed by atoms with Crippen molar-refractivity contribution < 1.29 is 42.9 Å². The monoisotopic (exact) mass is 433 g/mol.